The molecule has 0 aliphatic carbocycles. The highest BCUT2D eigenvalue weighted by molar-refractivity contribution is 5.86. The van der Waals surface area contributed by atoms with Gasteiger partial charge < -0.3 is 5.32 Å². The summed E-state index contributed by atoms with van der Waals surface area (Å²) in [5, 5.41) is 2.91. The van der Waals surface area contributed by atoms with Gasteiger partial charge in [-0.25, -0.2) is 0 Å². The number of carbonyl (C=O) groups is 1. The topological polar surface area (TPSA) is 32.3 Å². The highest BCUT2D eigenvalue weighted by Gasteiger charge is 2.36. The van der Waals surface area contributed by atoms with Crippen LogP contribution in [0.4, 0.5) is 0 Å². The summed E-state index contributed by atoms with van der Waals surface area (Å²) >= 11 is 0. The van der Waals surface area contributed by atoms with Crippen molar-refractivity contribution in [3.63, 3.8) is 0 Å². The summed E-state index contributed by atoms with van der Waals surface area (Å²) in [7, 11) is 0. The van der Waals surface area contributed by atoms with Gasteiger partial charge in [0.25, 0.3) is 0 Å². The third kappa shape index (κ3) is 2.47. The zero-order chi connectivity index (χ0) is 10.6. The van der Waals surface area contributed by atoms with Crippen LogP contribution in [0.25, 0.3) is 0 Å². The molecule has 0 spiro atoms. The lowest BCUT2D eigenvalue weighted by atomic mass is 9.98. The first-order valence-corrected chi connectivity index (χ1v) is 5.62. The molecule has 0 aromatic heterocycles. The van der Waals surface area contributed by atoms with Gasteiger partial charge in [0.05, 0.1) is 5.54 Å². The Bertz CT molecular complexity index is 201. The van der Waals surface area contributed by atoms with E-state index in [4.69, 9.17) is 0 Å². The second-order valence-corrected chi connectivity index (χ2v) is 4.51. The Balaban J connectivity index is 2.45. The lowest BCUT2D eigenvalue weighted by molar-refractivity contribution is -0.135. The fourth-order valence-electron chi connectivity index (χ4n) is 1.89. The first kappa shape index (κ1) is 11.5. The van der Waals surface area contributed by atoms with Gasteiger partial charge in [-0.3, -0.25) is 9.69 Å². The fraction of sp³-hybridized carbons (Fsp3) is 0.909. The minimum atomic E-state index is -0.314. The summed E-state index contributed by atoms with van der Waals surface area (Å²) in [5.41, 5.74) is -0.314. The fourth-order valence-corrected chi connectivity index (χ4v) is 1.89. The highest BCUT2D eigenvalue weighted by atomic mass is 16.2. The van der Waals surface area contributed by atoms with Crippen molar-refractivity contribution >= 4 is 5.91 Å². The Kier molecular flexibility index (Phi) is 3.93. The van der Waals surface area contributed by atoms with Crippen LogP contribution >= 0.6 is 0 Å². The average molecular weight is 198 g/mol. The standard InChI is InChI=1S/C11H22N2O/c1-4-5-6-8-13-9-7-12-10(14)11(13,2)3/h4-9H2,1-3H3,(H,12,14). The molecule has 3 heteroatoms. The Hall–Kier alpha value is -0.570. The van der Waals surface area contributed by atoms with E-state index in [1.807, 2.05) is 13.8 Å². The molecule has 1 rings (SSSR count). The highest BCUT2D eigenvalue weighted by Crippen LogP contribution is 2.18. The normalized spacial score (nSPS) is 22.1. The molecular weight excluding hydrogens is 176 g/mol. The maximum absolute atomic E-state index is 11.6. The lowest BCUT2D eigenvalue weighted by Gasteiger charge is -2.41. The van der Waals surface area contributed by atoms with Crippen LogP contribution in [0.3, 0.4) is 0 Å². The molecule has 0 saturated carbocycles. The third-order valence-electron chi connectivity index (χ3n) is 3.05. The van der Waals surface area contributed by atoms with Crippen molar-refractivity contribution in [1.82, 2.24) is 10.2 Å². The molecule has 1 heterocycles. The molecule has 82 valence electrons. The van der Waals surface area contributed by atoms with Crippen LogP contribution < -0.4 is 5.32 Å². The van der Waals surface area contributed by atoms with Crippen molar-refractivity contribution in [2.24, 2.45) is 0 Å². The number of nitrogens with zero attached hydrogens (tertiary/aromatic N) is 1. The number of hydrogen-bond acceptors (Lipinski definition) is 2. The summed E-state index contributed by atoms with van der Waals surface area (Å²) in [6.07, 6.45) is 3.70. The van der Waals surface area contributed by atoms with Crippen LogP contribution in [0.15, 0.2) is 0 Å². The number of rotatable bonds is 4. The Labute approximate surface area is 86.9 Å². The predicted octanol–water partition coefficient (Wildman–Crippen LogP) is 1.39. The third-order valence-corrected chi connectivity index (χ3v) is 3.05. The molecule has 1 N–H and O–H groups in total. The van der Waals surface area contributed by atoms with Crippen molar-refractivity contribution in [3.8, 4) is 0 Å². The molecule has 1 fully saturated rings. The molecule has 1 saturated heterocycles. The van der Waals surface area contributed by atoms with Gasteiger partial charge in [0.2, 0.25) is 5.91 Å². The van der Waals surface area contributed by atoms with Gasteiger partial charge in [0.1, 0.15) is 0 Å². The second kappa shape index (κ2) is 4.78. The maximum Gasteiger partial charge on any atom is 0.239 e. The molecule has 0 aromatic rings. The van der Waals surface area contributed by atoms with Gasteiger partial charge >= 0.3 is 0 Å². The minimum absolute atomic E-state index is 0.167. The molecule has 1 aliphatic heterocycles. The van der Waals surface area contributed by atoms with E-state index in [-0.39, 0.29) is 11.4 Å². The van der Waals surface area contributed by atoms with Gasteiger partial charge in [-0.1, -0.05) is 19.8 Å². The smallest absolute Gasteiger partial charge is 0.239 e. The number of amides is 1. The molecular formula is C11H22N2O. The van der Waals surface area contributed by atoms with Gasteiger partial charge in [-0.05, 0) is 26.8 Å². The van der Waals surface area contributed by atoms with Gasteiger partial charge in [0.15, 0.2) is 0 Å². The predicted molar refractivity (Wildman–Crippen MR) is 58.2 cm³/mol. The van der Waals surface area contributed by atoms with E-state index in [0.717, 1.165) is 19.6 Å². The van der Waals surface area contributed by atoms with E-state index < -0.39 is 0 Å². The molecule has 3 nitrogen and oxygen atoms in total. The zero-order valence-corrected chi connectivity index (χ0v) is 9.60. The SMILES string of the molecule is CCCCCN1CCNC(=O)C1(C)C. The van der Waals surface area contributed by atoms with Gasteiger partial charge in [0, 0.05) is 13.1 Å². The molecule has 1 amide bonds. The van der Waals surface area contributed by atoms with Gasteiger partial charge in [-0.2, -0.15) is 0 Å². The summed E-state index contributed by atoms with van der Waals surface area (Å²) in [6.45, 7) is 9.06. The summed E-state index contributed by atoms with van der Waals surface area (Å²) < 4.78 is 0. The molecule has 0 radical (unpaired) electrons. The molecule has 14 heavy (non-hydrogen) atoms. The van der Waals surface area contributed by atoms with E-state index in [1.165, 1.54) is 19.3 Å². The summed E-state index contributed by atoms with van der Waals surface area (Å²) in [4.78, 5) is 13.9. The molecule has 1 aliphatic rings. The Morgan fingerprint density at radius 3 is 2.79 bits per heavy atom. The van der Waals surface area contributed by atoms with Crippen molar-refractivity contribution in [2.45, 2.75) is 45.6 Å². The quantitative estimate of drug-likeness (QED) is 0.692. The number of nitrogens with one attached hydrogen (secondary N) is 1. The number of unbranched alkanes of at least 4 members (excludes halogenated alkanes) is 2. The Morgan fingerprint density at radius 1 is 1.43 bits per heavy atom. The molecule has 0 unspecified atom stereocenters. The largest absolute Gasteiger partial charge is 0.353 e. The van der Waals surface area contributed by atoms with Crippen molar-refractivity contribution in [1.29, 1.82) is 0 Å². The maximum atomic E-state index is 11.6. The van der Waals surface area contributed by atoms with Crippen molar-refractivity contribution in [2.75, 3.05) is 19.6 Å². The Morgan fingerprint density at radius 2 is 2.14 bits per heavy atom. The summed E-state index contributed by atoms with van der Waals surface area (Å²) in [6, 6.07) is 0. The monoisotopic (exact) mass is 198 g/mol. The zero-order valence-electron chi connectivity index (χ0n) is 9.60. The van der Waals surface area contributed by atoms with Crippen molar-refractivity contribution in [3.05, 3.63) is 0 Å². The van der Waals surface area contributed by atoms with E-state index in [2.05, 4.69) is 17.1 Å². The molecule has 0 aromatic carbocycles. The van der Waals surface area contributed by atoms with Crippen molar-refractivity contribution < 1.29 is 4.79 Å². The van der Waals surface area contributed by atoms with Crippen LogP contribution in [0.1, 0.15) is 40.0 Å². The minimum Gasteiger partial charge on any atom is -0.353 e. The second-order valence-electron chi connectivity index (χ2n) is 4.51. The summed E-state index contributed by atoms with van der Waals surface area (Å²) in [5.74, 6) is 0.167. The molecule has 0 bridgehead atoms. The van der Waals surface area contributed by atoms with Gasteiger partial charge in [-0.15, -0.1) is 0 Å². The van der Waals surface area contributed by atoms with E-state index in [1.54, 1.807) is 0 Å². The number of hydrogen-bond donors (Lipinski definition) is 1. The van der Waals surface area contributed by atoms with E-state index in [0.29, 0.717) is 0 Å². The first-order chi connectivity index (χ1) is 6.59. The first-order valence-electron chi connectivity index (χ1n) is 5.62. The van der Waals surface area contributed by atoms with Crippen LogP contribution in [-0.2, 0) is 4.79 Å². The molecule has 0 atom stereocenters. The number of carbonyl (C=O) groups excluding carboxylic acids is 1. The van der Waals surface area contributed by atoms with Crippen LogP contribution in [0.2, 0.25) is 0 Å². The van der Waals surface area contributed by atoms with E-state index >= 15 is 0 Å². The number of piperazine rings is 1. The van der Waals surface area contributed by atoms with Crippen LogP contribution in [0.5, 0.6) is 0 Å². The average Bonchev–Trinajstić information content (AvgIpc) is 2.13. The lowest BCUT2D eigenvalue weighted by Crippen LogP contribution is -2.61. The van der Waals surface area contributed by atoms with Crippen LogP contribution in [-0.4, -0.2) is 36.0 Å². The van der Waals surface area contributed by atoms with Crippen LogP contribution in [0, 0.1) is 0 Å². The van der Waals surface area contributed by atoms with E-state index in [9.17, 15) is 4.79 Å².